The Bertz CT molecular complexity index is 3640. The minimum absolute atomic E-state index is 1.09. The third kappa shape index (κ3) is 6.32. The van der Waals surface area contributed by atoms with Crippen molar-refractivity contribution in [1.29, 1.82) is 0 Å². The fourth-order valence-corrected chi connectivity index (χ4v) is 10.5. The molecule has 0 N–H and O–H groups in total. The molecule has 0 aliphatic heterocycles. The second-order valence-electron chi connectivity index (χ2n) is 16.1. The second kappa shape index (κ2) is 15.0. The number of rotatable bonds is 7. The number of hydrogen-bond acceptors (Lipinski definition) is 2. The Balaban J connectivity index is 1.05. The quantitative estimate of drug-likeness (QED) is 0.145. The van der Waals surface area contributed by atoms with Gasteiger partial charge in [-0.05, 0) is 132 Å². The normalized spacial score (nSPS) is 11.5. The van der Waals surface area contributed by atoms with Gasteiger partial charge in [-0.3, -0.25) is 0 Å². The standard InChI is InChI=1S/C60H39NS/c1-2-14-42(15-3-1)52-33-29-48(56-37-47-17-6-7-20-51(47)53-21-8-9-22-54(53)56)38-58(52)61(50-32-34-60-57(39-50)55-23-10-11-24-59(55)62-60)49-30-27-41(28-31-49)44-18-12-19-45(35-44)46-26-25-40-13-4-5-16-43(40)36-46/h1-39H. The average Bonchev–Trinajstić information content (AvgIpc) is 3.72. The highest BCUT2D eigenvalue weighted by Crippen LogP contribution is 2.47. The van der Waals surface area contributed by atoms with E-state index in [1.807, 2.05) is 11.3 Å². The van der Waals surface area contributed by atoms with Crippen LogP contribution in [0.1, 0.15) is 0 Å². The van der Waals surface area contributed by atoms with Gasteiger partial charge in [-0.15, -0.1) is 11.3 Å². The zero-order chi connectivity index (χ0) is 41.0. The Morgan fingerprint density at radius 3 is 1.69 bits per heavy atom. The molecule has 0 fully saturated rings. The Hall–Kier alpha value is -7.78. The number of benzene rings is 11. The molecule has 1 aromatic heterocycles. The van der Waals surface area contributed by atoms with Crippen molar-refractivity contribution in [1.82, 2.24) is 0 Å². The molecule has 11 aromatic carbocycles. The molecule has 0 amide bonds. The summed E-state index contributed by atoms with van der Waals surface area (Å²) in [6, 6.07) is 87.0. The van der Waals surface area contributed by atoms with Crippen LogP contribution in [-0.4, -0.2) is 0 Å². The summed E-state index contributed by atoms with van der Waals surface area (Å²) in [5.74, 6) is 0. The van der Waals surface area contributed by atoms with E-state index in [1.54, 1.807) is 0 Å². The molecular formula is C60H39NS. The molecule has 290 valence electrons. The molecule has 0 unspecified atom stereocenters. The van der Waals surface area contributed by atoms with Crippen molar-refractivity contribution < 1.29 is 0 Å². The second-order valence-corrected chi connectivity index (χ2v) is 17.2. The number of anilines is 3. The van der Waals surface area contributed by atoms with E-state index in [9.17, 15) is 0 Å². The zero-order valence-corrected chi connectivity index (χ0v) is 34.7. The van der Waals surface area contributed by atoms with Gasteiger partial charge in [0.2, 0.25) is 0 Å². The molecule has 0 bridgehead atoms. The molecule has 1 nitrogen and oxygen atoms in total. The van der Waals surface area contributed by atoms with Gasteiger partial charge in [0.1, 0.15) is 0 Å². The van der Waals surface area contributed by atoms with E-state index in [0.717, 1.165) is 17.1 Å². The van der Waals surface area contributed by atoms with Gasteiger partial charge in [0.25, 0.3) is 0 Å². The third-order valence-electron chi connectivity index (χ3n) is 12.4. The van der Waals surface area contributed by atoms with Gasteiger partial charge in [-0.1, -0.05) is 176 Å². The van der Waals surface area contributed by atoms with Gasteiger partial charge in [0.05, 0.1) is 5.69 Å². The van der Waals surface area contributed by atoms with Crippen LogP contribution in [0.2, 0.25) is 0 Å². The summed E-state index contributed by atoms with van der Waals surface area (Å²) in [4.78, 5) is 2.47. The van der Waals surface area contributed by atoms with Gasteiger partial charge in [0, 0.05) is 37.1 Å². The molecule has 0 spiro atoms. The van der Waals surface area contributed by atoms with Crippen LogP contribution in [0, 0.1) is 0 Å². The number of hydrogen-bond donors (Lipinski definition) is 0. The lowest BCUT2D eigenvalue weighted by molar-refractivity contribution is 1.29. The highest BCUT2D eigenvalue weighted by molar-refractivity contribution is 7.25. The molecule has 0 aliphatic rings. The lowest BCUT2D eigenvalue weighted by atomic mass is 9.91. The van der Waals surface area contributed by atoms with Crippen LogP contribution in [0.15, 0.2) is 237 Å². The van der Waals surface area contributed by atoms with E-state index in [0.29, 0.717) is 0 Å². The van der Waals surface area contributed by atoms with Gasteiger partial charge in [0.15, 0.2) is 0 Å². The van der Waals surface area contributed by atoms with Gasteiger partial charge in [-0.25, -0.2) is 0 Å². The fraction of sp³-hybridized carbons (Fsp3) is 0. The first-order chi connectivity index (χ1) is 30.7. The van der Waals surface area contributed by atoms with Crippen molar-refractivity contribution in [2.45, 2.75) is 0 Å². The Kier molecular flexibility index (Phi) is 8.76. The summed E-state index contributed by atoms with van der Waals surface area (Å²) in [6.45, 7) is 0. The molecule has 0 atom stereocenters. The largest absolute Gasteiger partial charge is 0.310 e. The van der Waals surface area contributed by atoms with E-state index in [1.165, 1.54) is 97.0 Å². The number of fused-ring (bicyclic) bond motifs is 7. The van der Waals surface area contributed by atoms with Crippen molar-refractivity contribution in [3.8, 4) is 44.5 Å². The topological polar surface area (TPSA) is 3.24 Å². The number of nitrogens with zero attached hydrogens (tertiary/aromatic N) is 1. The summed E-state index contributed by atoms with van der Waals surface area (Å²) >= 11 is 1.86. The van der Waals surface area contributed by atoms with Crippen molar-refractivity contribution >= 4 is 80.9 Å². The highest BCUT2D eigenvalue weighted by Gasteiger charge is 2.21. The van der Waals surface area contributed by atoms with Gasteiger partial charge >= 0.3 is 0 Å². The van der Waals surface area contributed by atoms with Crippen molar-refractivity contribution in [3.05, 3.63) is 237 Å². The van der Waals surface area contributed by atoms with Crippen LogP contribution in [0.3, 0.4) is 0 Å². The minimum atomic E-state index is 1.09. The van der Waals surface area contributed by atoms with E-state index in [2.05, 4.69) is 241 Å². The van der Waals surface area contributed by atoms with Crippen LogP contribution in [0.5, 0.6) is 0 Å². The summed E-state index contributed by atoms with van der Waals surface area (Å²) in [7, 11) is 0. The maximum atomic E-state index is 2.47. The lowest BCUT2D eigenvalue weighted by Crippen LogP contribution is -2.11. The summed E-state index contributed by atoms with van der Waals surface area (Å²) in [5.41, 5.74) is 12.9. The monoisotopic (exact) mass is 805 g/mol. The summed E-state index contributed by atoms with van der Waals surface area (Å²) in [6.07, 6.45) is 0. The van der Waals surface area contributed by atoms with Crippen LogP contribution < -0.4 is 4.90 Å². The predicted octanol–water partition coefficient (Wildman–Crippen LogP) is 17.7. The molecule has 2 heteroatoms. The minimum Gasteiger partial charge on any atom is -0.310 e. The maximum absolute atomic E-state index is 2.47. The van der Waals surface area contributed by atoms with E-state index in [4.69, 9.17) is 0 Å². The summed E-state index contributed by atoms with van der Waals surface area (Å²) in [5, 5.41) is 10.1. The first kappa shape index (κ1) is 36.1. The Morgan fingerprint density at radius 1 is 0.258 bits per heavy atom. The molecule has 12 rings (SSSR count). The van der Waals surface area contributed by atoms with E-state index < -0.39 is 0 Å². The van der Waals surface area contributed by atoms with Crippen molar-refractivity contribution in [2.75, 3.05) is 4.90 Å². The Labute approximate surface area is 365 Å². The first-order valence-corrected chi connectivity index (χ1v) is 22.0. The smallest absolute Gasteiger partial charge is 0.0546 e. The lowest BCUT2D eigenvalue weighted by Gasteiger charge is -2.29. The van der Waals surface area contributed by atoms with Crippen LogP contribution in [0.4, 0.5) is 17.1 Å². The number of thiophene rings is 1. The Morgan fingerprint density at radius 2 is 0.855 bits per heavy atom. The van der Waals surface area contributed by atoms with Crippen molar-refractivity contribution in [2.24, 2.45) is 0 Å². The predicted molar refractivity (Wildman–Crippen MR) is 268 cm³/mol. The van der Waals surface area contributed by atoms with Crippen LogP contribution in [-0.2, 0) is 0 Å². The molecule has 12 aromatic rings. The van der Waals surface area contributed by atoms with Gasteiger partial charge in [-0.2, -0.15) is 0 Å². The molecule has 0 aliphatic carbocycles. The zero-order valence-electron chi connectivity index (χ0n) is 33.9. The van der Waals surface area contributed by atoms with Crippen LogP contribution >= 0.6 is 11.3 Å². The molecule has 0 saturated heterocycles. The maximum Gasteiger partial charge on any atom is 0.0546 e. The highest BCUT2D eigenvalue weighted by atomic mass is 32.1. The van der Waals surface area contributed by atoms with E-state index in [-0.39, 0.29) is 0 Å². The molecular weight excluding hydrogens is 767 g/mol. The van der Waals surface area contributed by atoms with Crippen molar-refractivity contribution in [3.63, 3.8) is 0 Å². The summed E-state index contributed by atoms with van der Waals surface area (Å²) < 4.78 is 2.59. The average molecular weight is 806 g/mol. The van der Waals surface area contributed by atoms with E-state index >= 15 is 0 Å². The molecule has 62 heavy (non-hydrogen) atoms. The van der Waals surface area contributed by atoms with Crippen LogP contribution in [0.25, 0.3) is 97.0 Å². The molecule has 0 saturated carbocycles. The third-order valence-corrected chi connectivity index (χ3v) is 13.6. The van der Waals surface area contributed by atoms with Gasteiger partial charge < -0.3 is 4.90 Å². The molecule has 0 radical (unpaired) electrons. The first-order valence-electron chi connectivity index (χ1n) is 21.2. The molecule has 1 heterocycles. The SMILES string of the molecule is c1ccc(-c2ccc(-c3cc4ccccc4c4ccccc34)cc2N(c2ccc(-c3cccc(-c4ccc5ccccc5c4)c3)cc2)c2ccc3sc4ccccc4c3c2)cc1. The fourth-order valence-electron chi connectivity index (χ4n) is 9.37.